The molecule has 0 saturated heterocycles. The van der Waals surface area contributed by atoms with Gasteiger partial charge in [-0.15, -0.1) is 14.8 Å². The topological polar surface area (TPSA) is 68.0 Å². The Kier molecular flexibility index (Phi) is 3.88. The fourth-order valence-electron chi connectivity index (χ4n) is 2.07. The van der Waals surface area contributed by atoms with Crippen molar-refractivity contribution in [2.75, 3.05) is 11.9 Å². The first kappa shape index (κ1) is 15.0. The zero-order chi connectivity index (χ0) is 15.7. The van der Waals surface area contributed by atoms with Crippen LogP contribution in [0.1, 0.15) is 19.4 Å². The number of anilines is 1. The first-order valence-electron chi connectivity index (χ1n) is 6.70. The van der Waals surface area contributed by atoms with Gasteiger partial charge in [0.15, 0.2) is 5.65 Å². The second kappa shape index (κ2) is 5.70. The Morgan fingerprint density at radius 2 is 1.95 bits per heavy atom. The van der Waals surface area contributed by atoms with Gasteiger partial charge in [0, 0.05) is 12.0 Å². The van der Waals surface area contributed by atoms with Gasteiger partial charge in [0.25, 0.3) is 0 Å². The van der Waals surface area contributed by atoms with E-state index in [2.05, 4.69) is 39.8 Å². The highest BCUT2D eigenvalue weighted by atomic mass is 35.5. The smallest absolute Gasteiger partial charge is 0.200 e. The molecule has 0 aliphatic heterocycles. The first-order valence-corrected chi connectivity index (χ1v) is 7.46. The molecule has 0 saturated carbocycles. The maximum absolute atomic E-state index is 6.10. The highest BCUT2D eigenvalue weighted by Gasteiger charge is 2.21. The van der Waals surface area contributed by atoms with Crippen LogP contribution < -0.4 is 5.32 Å². The number of rotatable bonds is 4. The van der Waals surface area contributed by atoms with E-state index in [9.17, 15) is 0 Å². The second-order valence-corrected chi connectivity index (χ2v) is 6.43. The predicted octanol–water partition coefficient (Wildman–Crippen LogP) is 3.22. The number of aromatic nitrogens is 5. The maximum atomic E-state index is 6.10. The lowest BCUT2D eigenvalue weighted by Crippen LogP contribution is -2.28. The molecule has 0 atom stereocenters. The van der Waals surface area contributed by atoms with E-state index in [1.165, 1.54) is 4.63 Å². The van der Waals surface area contributed by atoms with Gasteiger partial charge in [0.1, 0.15) is 5.82 Å². The van der Waals surface area contributed by atoms with Crippen LogP contribution in [0.2, 0.25) is 10.0 Å². The lowest BCUT2D eigenvalue weighted by molar-refractivity contribution is 0.555. The third kappa shape index (κ3) is 2.98. The van der Waals surface area contributed by atoms with Crippen molar-refractivity contribution in [1.29, 1.82) is 0 Å². The number of fused-ring (bicyclic) bond motifs is 1. The number of hydrogen-bond acceptors (Lipinski definition) is 5. The molecule has 0 unspecified atom stereocenters. The minimum absolute atomic E-state index is 0.147. The molecule has 2 heterocycles. The van der Waals surface area contributed by atoms with Crippen LogP contribution in [0, 0.1) is 0 Å². The number of nitrogens with zero attached hydrogens (tertiary/aromatic N) is 5. The molecule has 2 aromatic heterocycles. The highest BCUT2D eigenvalue weighted by Crippen LogP contribution is 2.30. The normalized spacial score (nSPS) is 11.8. The van der Waals surface area contributed by atoms with E-state index in [1.54, 1.807) is 0 Å². The largest absolute Gasteiger partial charge is 0.368 e. The molecule has 22 heavy (non-hydrogen) atoms. The number of halogens is 2. The summed E-state index contributed by atoms with van der Waals surface area (Å²) in [5.74, 6) is 0.702. The van der Waals surface area contributed by atoms with Crippen molar-refractivity contribution in [2.24, 2.45) is 0 Å². The van der Waals surface area contributed by atoms with E-state index in [0.717, 1.165) is 5.56 Å². The van der Waals surface area contributed by atoms with Crippen LogP contribution in [0.15, 0.2) is 30.3 Å². The van der Waals surface area contributed by atoms with Crippen LogP contribution >= 0.6 is 23.2 Å². The SMILES string of the molecule is CC(C)(CNc1ccc2nnnn2n1)c1ccc(Cl)c(Cl)c1. The van der Waals surface area contributed by atoms with Crippen molar-refractivity contribution in [3.63, 3.8) is 0 Å². The Morgan fingerprint density at radius 3 is 2.73 bits per heavy atom. The Balaban J connectivity index is 1.77. The zero-order valence-corrected chi connectivity index (χ0v) is 13.6. The summed E-state index contributed by atoms with van der Waals surface area (Å²) < 4.78 is 1.38. The van der Waals surface area contributed by atoms with Gasteiger partial charge in [-0.2, -0.15) is 0 Å². The molecule has 0 bridgehead atoms. The fraction of sp³-hybridized carbons (Fsp3) is 0.286. The second-order valence-electron chi connectivity index (χ2n) is 5.61. The Morgan fingerprint density at radius 1 is 1.14 bits per heavy atom. The molecule has 0 radical (unpaired) electrons. The fourth-order valence-corrected chi connectivity index (χ4v) is 2.37. The van der Waals surface area contributed by atoms with Crippen molar-refractivity contribution >= 4 is 34.7 Å². The molecule has 8 heteroatoms. The third-order valence-electron chi connectivity index (χ3n) is 3.48. The molecule has 0 aliphatic rings. The average Bonchev–Trinajstić information content (AvgIpc) is 2.95. The lowest BCUT2D eigenvalue weighted by Gasteiger charge is -2.26. The molecule has 3 aromatic rings. The molecule has 0 fully saturated rings. The minimum Gasteiger partial charge on any atom is -0.368 e. The van der Waals surface area contributed by atoms with E-state index in [0.29, 0.717) is 28.1 Å². The van der Waals surface area contributed by atoms with Crippen LogP contribution in [0.3, 0.4) is 0 Å². The summed E-state index contributed by atoms with van der Waals surface area (Å²) in [6, 6.07) is 9.34. The molecule has 1 aromatic carbocycles. The van der Waals surface area contributed by atoms with Crippen LogP contribution in [0.25, 0.3) is 5.65 Å². The van der Waals surface area contributed by atoms with Crippen LogP contribution in [0.5, 0.6) is 0 Å². The lowest BCUT2D eigenvalue weighted by atomic mass is 9.84. The van der Waals surface area contributed by atoms with E-state index >= 15 is 0 Å². The summed E-state index contributed by atoms with van der Waals surface area (Å²) >= 11 is 12.1. The number of hydrogen-bond donors (Lipinski definition) is 1. The van der Waals surface area contributed by atoms with Gasteiger partial charge in [-0.25, -0.2) is 0 Å². The van der Waals surface area contributed by atoms with Gasteiger partial charge >= 0.3 is 0 Å². The Labute approximate surface area is 137 Å². The summed E-state index contributed by atoms with van der Waals surface area (Å²) in [6.45, 7) is 4.91. The molecular weight excluding hydrogens is 323 g/mol. The van der Waals surface area contributed by atoms with Crippen molar-refractivity contribution in [1.82, 2.24) is 25.3 Å². The molecule has 6 nitrogen and oxygen atoms in total. The molecule has 114 valence electrons. The van der Waals surface area contributed by atoms with Crippen molar-refractivity contribution in [3.05, 3.63) is 45.9 Å². The van der Waals surface area contributed by atoms with Gasteiger partial charge in [0.2, 0.25) is 0 Å². The van der Waals surface area contributed by atoms with Crippen molar-refractivity contribution in [3.8, 4) is 0 Å². The van der Waals surface area contributed by atoms with Crippen LogP contribution in [0.4, 0.5) is 5.82 Å². The molecule has 0 aliphatic carbocycles. The minimum atomic E-state index is -0.147. The molecule has 1 N–H and O–H groups in total. The van der Waals surface area contributed by atoms with Crippen LogP contribution in [-0.2, 0) is 5.41 Å². The quantitative estimate of drug-likeness (QED) is 0.792. The zero-order valence-electron chi connectivity index (χ0n) is 12.1. The van der Waals surface area contributed by atoms with Gasteiger partial charge in [-0.3, -0.25) is 0 Å². The average molecular weight is 337 g/mol. The monoisotopic (exact) mass is 336 g/mol. The van der Waals surface area contributed by atoms with E-state index in [4.69, 9.17) is 23.2 Å². The number of nitrogens with one attached hydrogen (secondary N) is 1. The third-order valence-corrected chi connectivity index (χ3v) is 4.22. The molecular formula is C14H14Cl2N6. The number of tetrazole rings is 1. The summed E-state index contributed by atoms with van der Waals surface area (Å²) in [5.41, 5.74) is 1.55. The van der Waals surface area contributed by atoms with Gasteiger partial charge in [-0.05, 0) is 40.3 Å². The number of benzene rings is 1. The summed E-state index contributed by atoms with van der Waals surface area (Å²) in [4.78, 5) is 0. The maximum Gasteiger partial charge on any atom is 0.200 e. The summed E-state index contributed by atoms with van der Waals surface area (Å²) in [7, 11) is 0. The Hall–Kier alpha value is -1.92. The van der Waals surface area contributed by atoms with E-state index in [-0.39, 0.29) is 5.41 Å². The summed E-state index contributed by atoms with van der Waals surface area (Å²) in [5, 5.41) is 19.8. The van der Waals surface area contributed by atoms with Gasteiger partial charge in [0.05, 0.1) is 10.0 Å². The molecule has 3 rings (SSSR count). The van der Waals surface area contributed by atoms with E-state index in [1.807, 2.05) is 30.3 Å². The first-order chi connectivity index (χ1) is 10.5. The molecule has 0 amide bonds. The Bertz CT molecular complexity index is 814. The van der Waals surface area contributed by atoms with E-state index < -0.39 is 0 Å². The van der Waals surface area contributed by atoms with Gasteiger partial charge in [-0.1, -0.05) is 43.1 Å². The predicted molar refractivity (Wildman–Crippen MR) is 86.6 cm³/mol. The van der Waals surface area contributed by atoms with Gasteiger partial charge < -0.3 is 5.32 Å². The van der Waals surface area contributed by atoms with Crippen molar-refractivity contribution in [2.45, 2.75) is 19.3 Å². The summed E-state index contributed by atoms with van der Waals surface area (Å²) in [6.07, 6.45) is 0. The molecule has 0 spiro atoms. The van der Waals surface area contributed by atoms with Crippen molar-refractivity contribution < 1.29 is 0 Å². The standard InChI is InChI=1S/C14H14Cl2N6/c1-14(2,9-3-4-10(15)11(16)7-9)8-17-12-5-6-13-18-20-21-22(13)19-12/h3-7H,8H2,1-2H3,(H,17,19). The highest BCUT2D eigenvalue weighted by molar-refractivity contribution is 6.42. The van der Waals surface area contributed by atoms with Crippen LogP contribution in [-0.4, -0.2) is 31.8 Å².